The molecule has 0 aromatic carbocycles. The number of nitriles is 1. The SMILES string of the molecule is CCCCCCCCN1C=CN(c2cc(C(C)=O)ccn2)[CH-]1.CCCCCCCC[N+]1=C[NH+](c2cc(C(=O)OC)ccn2)C=C1.COC(=O)c1ccnc(N2C=CN(C)[CH-]2)c1.N#C[S-].[Cl-].[N-]=C=S.[Ru+4]. The van der Waals surface area contributed by atoms with Gasteiger partial charge in [-0.2, -0.15) is 14.6 Å². The van der Waals surface area contributed by atoms with Crippen molar-refractivity contribution in [1.82, 2.24) is 24.8 Å². The summed E-state index contributed by atoms with van der Waals surface area (Å²) < 4.78 is 11.6. The summed E-state index contributed by atoms with van der Waals surface area (Å²) in [5.41, 5.74) is 1.71. The Labute approximate surface area is 439 Å². The van der Waals surface area contributed by atoms with Crippen molar-refractivity contribution in [2.45, 2.75) is 97.8 Å². The second-order valence-electron chi connectivity index (χ2n) is 15.2. The number of carbonyl (C=O) groups is 3. The maximum atomic E-state index is 11.6. The molecule has 6 heterocycles. The fourth-order valence-corrected chi connectivity index (χ4v) is 6.54. The largest absolute Gasteiger partial charge is 4.00 e. The van der Waals surface area contributed by atoms with E-state index in [2.05, 4.69) is 86.6 Å². The van der Waals surface area contributed by atoms with Crippen LogP contribution in [0.2, 0.25) is 0 Å². The number of thiocyanates is 1. The first-order chi connectivity index (χ1) is 32.5. The number of ketones is 1. The van der Waals surface area contributed by atoms with Crippen molar-refractivity contribution in [3.63, 3.8) is 0 Å². The van der Waals surface area contributed by atoms with Crippen molar-refractivity contribution in [1.29, 1.82) is 5.26 Å². The number of anilines is 2. The zero-order chi connectivity index (χ0) is 49.2. The average molecular weight is 1090 g/mol. The molecule has 6 rings (SSSR count). The van der Waals surface area contributed by atoms with Crippen LogP contribution in [0.1, 0.15) is 129 Å². The molecule has 372 valence electrons. The minimum absolute atomic E-state index is 0. The number of nitrogens with zero attached hydrogens (tertiary/aromatic N) is 10. The van der Waals surface area contributed by atoms with E-state index in [0.29, 0.717) is 22.5 Å². The van der Waals surface area contributed by atoms with Crippen molar-refractivity contribution in [2.24, 2.45) is 0 Å². The van der Waals surface area contributed by atoms with Gasteiger partial charge < -0.3 is 59.5 Å². The quantitative estimate of drug-likeness (QED) is 0.0143. The molecule has 1 atom stereocenters. The second-order valence-corrected chi connectivity index (χ2v) is 15.5. The van der Waals surface area contributed by atoms with Gasteiger partial charge in [0.2, 0.25) is 12.0 Å². The molecule has 0 saturated carbocycles. The number of esters is 2. The van der Waals surface area contributed by atoms with Gasteiger partial charge in [-0.25, -0.2) is 29.8 Å². The van der Waals surface area contributed by atoms with E-state index in [1.54, 1.807) is 55.8 Å². The van der Waals surface area contributed by atoms with Crippen molar-refractivity contribution in [3.05, 3.63) is 128 Å². The van der Waals surface area contributed by atoms with E-state index < -0.39 is 0 Å². The van der Waals surface area contributed by atoms with E-state index in [1.807, 2.05) is 66.0 Å². The Morgan fingerprint density at radius 1 is 0.783 bits per heavy atom. The molecular formula is C49H65ClN11O5RuS2+. The summed E-state index contributed by atoms with van der Waals surface area (Å²) in [6.07, 6.45) is 34.5. The van der Waals surface area contributed by atoms with E-state index in [-0.39, 0.29) is 49.6 Å². The molecule has 0 bridgehead atoms. The topological polar surface area (TPSA) is 175 Å². The predicted octanol–water partition coefficient (Wildman–Crippen LogP) is 5.51. The number of pyridine rings is 3. The number of rotatable bonds is 20. The van der Waals surface area contributed by atoms with Crippen LogP contribution in [-0.2, 0) is 41.6 Å². The van der Waals surface area contributed by atoms with Gasteiger partial charge in [-0.3, -0.25) is 4.79 Å². The van der Waals surface area contributed by atoms with Gasteiger partial charge in [0.05, 0.1) is 25.3 Å². The van der Waals surface area contributed by atoms with Gasteiger partial charge in [0.1, 0.15) is 11.6 Å². The minimum Gasteiger partial charge on any atom is -1.00 e. The summed E-state index contributed by atoms with van der Waals surface area (Å²) in [7, 11) is 4.66. The zero-order valence-electron chi connectivity index (χ0n) is 40.4. The standard InChI is InChI=1S/C18H26N3O2.C18H26N3O.C11H12N3O2.CHNS.CNS.ClH.Ru/c1-3-4-5-6-7-8-11-20-12-13-21(15-20)17-14-16(9-10-19-17)18(22)23-2;1-3-4-5-6-7-8-11-20-12-13-21(15-20)18-14-17(16(2)22)9-10-19-18;1-13-5-6-14(8-13)10-7-9(3-4-12-10)11(15)16-2;2*2-1-3;;/h9-10,12-15H,3-8,11H2,1-2H3;9-10,12-15H,3-8,11H2,1-2H3;3-8H,1-2H3;3H;;1H;/q+1;2*-1;;-1;;+4/p-1. The maximum Gasteiger partial charge on any atom is 4.00 e. The number of isothiocyanates is 1. The predicted molar refractivity (Wildman–Crippen MR) is 268 cm³/mol. The third-order valence-electron chi connectivity index (χ3n) is 10.1. The molecule has 69 heavy (non-hydrogen) atoms. The van der Waals surface area contributed by atoms with Gasteiger partial charge in [0, 0.05) is 36.6 Å². The Morgan fingerprint density at radius 3 is 1.80 bits per heavy atom. The number of Topliss-reactive ketones (excluding diaryl/α,β-unsaturated/α-hetero) is 1. The third kappa shape index (κ3) is 25.1. The summed E-state index contributed by atoms with van der Waals surface area (Å²) in [5, 5.41) is 16.9. The number of quaternary nitrogens is 1. The number of thiocarbonyl (C=S) groups is 1. The first kappa shape index (κ1) is 63.5. The molecule has 3 aliphatic rings. The van der Waals surface area contributed by atoms with Gasteiger partial charge in [0.15, 0.2) is 18.5 Å². The number of hydrogen-bond acceptors (Lipinski definition) is 15. The van der Waals surface area contributed by atoms with E-state index in [4.69, 9.17) is 15.4 Å². The van der Waals surface area contributed by atoms with Crippen LogP contribution in [0.4, 0.5) is 17.5 Å². The Morgan fingerprint density at radius 2 is 1.26 bits per heavy atom. The minimum atomic E-state index is -0.361. The van der Waals surface area contributed by atoms with Crippen molar-refractivity contribution < 1.29 is 65.2 Å². The molecule has 0 aliphatic carbocycles. The Hall–Kier alpha value is -5.47. The van der Waals surface area contributed by atoms with Gasteiger partial charge in [0.25, 0.3) is 0 Å². The summed E-state index contributed by atoms with van der Waals surface area (Å²) in [6, 6.07) is 10.3. The number of nitrogens with one attached hydrogen (secondary N) is 1. The number of unbranched alkanes of at least 4 members (excludes halogenated alkanes) is 10. The van der Waals surface area contributed by atoms with Crippen LogP contribution in [-0.4, -0.2) is 92.9 Å². The zero-order valence-corrected chi connectivity index (χ0v) is 44.5. The van der Waals surface area contributed by atoms with Crippen LogP contribution in [0.25, 0.3) is 5.41 Å². The van der Waals surface area contributed by atoms with Gasteiger partial charge in [-0.1, -0.05) is 89.3 Å². The number of hydrogen-bond donors (Lipinski definition) is 1. The molecular weight excluding hydrogens is 1020 g/mol. The summed E-state index contributed by atoms with van der Waals surface area (Å²) in [5.74, 6) is 1.64. The van der Waals surface area contributed by atoms with E-state index >= 15 is 0 Å². The van der Waals surface area contributed by atoms with Gasteiger partial charge >= 0.3 is 37.8 Å². The molecule has 0 saturated heterocycles. The second kappa shape index (κ2) is 38.4. The monoisotopic (exact) mass is 1090 g/mol. The molecule has 0 spiro atoms. The maximum absolute atomic E-state index is 11.6. The molecule has 3 aliphatic heterocycles. The number of ether oxygens (including phenoxy) is 2. The van der Waals surface area contributed by atoms with Crippen LogP contribution in [0.5, 0.6) is 0 Å². The summed E-state index contributed by atoms with van der Waals surface area (Å²) in [6.45, 7) is 12.0. The molecule has 3 aromatic rings. The molecule has 0 fully saturated rings. The van der Waals surface area contributed by atoms with Crippen molar-refractivity contribution >= 4 is 71.5 Å². The summed E-state index contributed by atoms with van der Waals surface area (Å²) >= 11 is 7.40. The van der Waals surface area contributed by atoms with Crippen LogP contribution in [0, 0.1) is 24.0 Å². The molecule has 16 nitrogen and oxygen atoms in total. The number of carbonyl (C=O) groups excluding carboxylic acids is 3. The van der Waals surface area contributed by atoms with E-state index in [1.165, 1.54) is 102 Å². The first-order valence-electron chi connectivity index (χ1n) is 22.3. The fraction of sp³-hybridized carbons (Fsp3) is 0.408. The Balaban J connectivity index is 0.000000947. The number of halogens is 1. The Kier molecular flexibility index (Phi) is 35.3. The first-order valence-corrected chi connectivity index (χ1v) is 23.2. The molecule has 1 N–H and O–H groups in total. The van der Waals surface area contributed by atoms with Gasteiger partial charge in [-0.15, -0.1) is 13.3 Å². The average Bonchev–Trinajstić information content (AvgIpc) is 4.14. The van der Waals surface area contributed by atoms with Crippen molar-refractivity contribution in [2.75, 3.05) is 44.2 Å². The van der Waals surface area contributed by atoms with Crippen LogP contribution in [0.15, 0.2) is 92.2 Å². The summed E-state index contributed by atoms with van der Waals surface area (Å²) in [4.78, 5) is 56.1. The fourth-order valence-electron chi connectivity index (χ4n) is 6.54. The molecule has 1 unspecified atom stereocenters. The van der Waals surface area contributed by atoms with Crippen LogP contribution in [0.3, 0.4) is 0 Å². The smallest absolute Gasteiger partial charge is 1.00 e. The van der Waals surface area contributed by atoms with Gasteiger partial charge in [-0.05, 0) is 88.5 Å². The van der Waals surface area contributed by atoms with Crippen LogP contribution < -0.4 is 27.1 Å². The number of methoxy groups -OCH3 is 2. The third-order valence-corrected chi connectivity index (χ3v) is 10.1. The normalized spacial score (nSPS) is 13.5. The Bertz CT molecular complexity index is 2190. The number of aromatic nitrogens is 3. The van der Waals surface area contributed by atoms with E-state index in [9.17, 15) is 14.4 Å². The van der Waals surface area contributed by atoms with Crippen LogP contribution >= 0.6 is 12.2 Å². The molecule has 20 heteroatoms. The molecule has 0 radical (unpaired) electrons. The van der Waals surface area contributed by atoms with E-state index in [0.717, 1.165) is 29.6 Å². The molecule has 0 amide bonds. The van der Waals surface area contributed by atoms with Crippen molar-refractivity contribution in [3.8, 4) is 5.40 Å². The molecule has 3 aromatic heterocycles.